The van der Waals surface area contributed by atoms with E-state index in [2.05, 4.69) is 16.7 Å². The summed E-state index contributed by atoms with van der Waals surface area (Å²) in [4.78, 5) is 27.6. The molecule has 1 aliphatic heterocycles. The van der Waals surface area contributed by atoms with E-state index in [0.717, 1.165) is 38.3 Å². The first-order valence-corrected chi connectivity index (χ1v) is 9.36. The van der Waals surface area contributed by atoms with Crippen LogP contribution >= 0.6 is 0 Å². The summed E-state index contributed by atoms with van der Waals surface area (Å²) < 4.78 is 10.4. The third-order valence-electron chi connectivity index (χ3n) is 5.02. The first kappa shape index (κ1) is 21.1. The van der Waals surface area contributed by atoms with E-state index in [0.29, 0.717) is 24.8 Å². The van der Waals surface area contributed by atoms with Crippen molar-refractivity contribution in [2.24, 2.45) is 0 Å². The van der Waals surface area contributed by atoms with Crippen LogP contribution in [0.15, 0.2) is 12.1 Å². The number of carbonyl (C=O) groups excluding carboxylic acids is 1. The highest BCUT2D eigenvalue weighted by molar-refractivity contribution is 5.97. The molecule has 0 aliphatic carbocycles. The maximum absolute atomic E-state index is 12.3. The maximum Gasteiger partial charge on any atom is 0.340 e. The lowest BCUT2D eigenvalue weighted by atomic mass is 10.0. The van der Waals surface area contributed by atoms with Crippen LogP contribution in [-0.4, -0.2) is 68.3 Å². The summed E-state index contributed by atoms with van der Waals surface area (Å²) in [5.74, 6) is -0.552. The number of nitro benzene ring substituents is 1. The Morgan fingerprint density at radius 2 is 2.07 bits per heavy atom. The number of methoxy groups -OCH3 is 1. The molecule has 1 aliphatic rings. The van der Waals surface area contributed by atoms with Gasteiger partial charge in [0.2, 0.25) is 0 Å². The van der Waals surface area contributed by atoms with Gasteiger partial charge in [0, 0.05) is 51.0 Å². The van der Waals surface area contributed by atoms with Crippen molar-refractivity contribution >= 4 is 17.3 Å². The monoisotopic (exact) mass is 379 g/mol. The van der Waals surface area contributed by atoms with Crippen LogP contribution in [0.1, 0.15) is 36.2 Å². The van der Waals surface area contributed by atoms with Gasteiger partial charge in [0.05, 0.1) is 29.9 Å². The fraction of sp³-hybridized carbons (Fsp3) is 0.632. The number of non-ortho nitro benzene ring substituents is 1. The van der Waals surface area contributed by atoms with Crippen LogP contribution < -0.4 is 4.90 Å². The molecule has 1 saturated heterocycles. The largest absolute Gasteiger partial charge is 0.465 e. The van der Waals surface area contributed by atoms with E-state index in [4.69, 9.17) is 9.47 Å². The molecule has 0 bridgehead atoms. The molecule has 2 rings (SSSR count). The molecular weight excluding hydrogens is 350 g/mol. The van der Waals surface area contributed by atoms with E-state index in [-0.39, 0.29) is 11.3 Å². The number of nitrogens with zero attached hydrogens (tertiary/aromatic N) is 3. The number of carbonyl (C=O) groups is 1. The van der Waals surface area contributed by atoms with Crippen LogP contribution in [0.5, 0.6) is 0 Å². The van der Waals surface area contributed by atoms with Gasteiger partial charge in [0.1, 0.15) is 0 Å². The van der Waals surface area contributed by atoms with Crippen molar-refractivity contribution in [1.82, 2.24) is 4.90 Å². The van der Waals surface area contributed by atoms with Gasteiger partial charge in [-0.2, -0.15) is 0 Å². The van der Waals surface area contributed by atoms with E-state index in [1.807, 2.05) is 6.92 Å². The molecule has 0 unspecified atom stereocenters. The Morgan fingerprint density at radius 1 is 1.33 bits per heavy atom. The van der Waals surface area contributed by atoms with Crippen LogP contribution in [0.25, 0.3) is 0 Å². The molecule has 0 radical (unpaired) electrons. The fourth-order valence-electron chi connectivity index (χ4n) is 3.66. The predicted octanol–water partition coefficient (Wildman–Crippen LogP) is 2.63. The minimum absolute atomic E-state index is 0.0981. The molecule has 0 saturated carbocycles. The maximum atomic E-state index is 12.3. The van der Waals surface area contributed by atoms with Gasteiger partial charge in [-0.1, -0.05) is 6.92 Å². The SMILES string of the molecule is CCOCCN1CCN(c2c(C)cc([N+](=O)[O-])cc2C(=O)OC)C[C@@H]1CC. The number of hydrogen-bond donors (Lipinski definition) is 0. The fourth-order valence-corrected chi connectivity index (χ4v) is 3.66. The molecule has 1 atom stereocenters. The van der Waals surface area contributed by atoms with Gasteiger partial charge in [-0.25, -0.2) is 4.79 Å². The number of nitro groups is 1. The van der Waals surface area contributed by atoms with Gasteiger partial charge in [0.25, 0.3) is 5.69 Å². The van der Waals surface area contributed by atoms with Gasteiger partial charge in [-0.3, -0.25) is 15.0 Å². The number of esters is 1. The number of ether oxygens (including phenoxy) is 2. The van der Waals surface area contributed by atoms with Gasteiger partial charge < -0.3 is 14.4 Å². The van der Waals surface area contributed by atoms with E-state index in [1.165, 1.54) is 19.2 Å². The second-order valence-electron chi connectivity index (χ2n) is 6.65. The van der Waals surface area contributed by atoms with Gasteiger partial charge >= 0.3 is 5.97 Å². The summed E-state index contributed by atoms with van der Waals surface area (Å²) in [5, 5.41) is 11.2. The summed E-state index contributed by atoms with van der Waals surface area (Å²) in [5.41, 5.74) is 1.60. The summed E-state index contributed by atoms with van der Waals surface area (Å²) >= 11 is 0. The molecule has 27 heavy (non-hydrogen) atoms. The van der Waals surface area contributed by atoms with Crippen molar-refractivity contribution in [2.75, 3.05) is 51.4 Å². The van der Waals surface area contributed by atoms with Crippen molar-refractivity contribution in [3.8, 4) is 0 Å². The van der Waals surface area contributed by atoms with Crippen LogP contribution in [0, 0.1) is 17.0 Å². The molecule has 8 nitrogen and oxygen atoms in total. The Morgan fingerprint density at radius 3 is 2.67 bits per heavy atom. The number of hydrogen-bond acceptors (Lipinski definition) is 7. The standard InChI is InChI=1S/C19H29N3O5/c1-5-15-13-21(8-7-20(15)9-10-27-6-2)18-14(3)11-16(22(24)25)12-17(18)19(23)26-4/h11-12,15H,5-10,13H2,1-4H3/t15-/m0/s1. The van der Waals surface area contributed by atoms with Crippen LogP contribution in [-0.2, 0) is 9.47 Å². The molecule has 1 heterocycles. The smallest absolute Gasteiger partial charge is 0.340 e. The molecule has 1 fully saturated rings. The second-order valence-corrected chi connectivity index (χ2v) is 6.65. The van der Waals surface area contributed by atoms with Crippen molar-refractivity contribution in [3.63, 3.8) is 0 Å². The zero-order chi connectivity index (χ0) is 20.0. The molecule has 1 aromatic carbocycles. The van der Waals surface area contributed by atoms with Crippen molar-refractivity contribution in [2.45, 2.75) is 33.2 Å². The molecule has 0 N–H and O–H groups in total. The quantitative estimate of drug-likeness (QED) is 0.297. The highest BCUT2D eigenvalue weighted by atomic mass is 16.6. The molecule has 0 aromatic heterocycles. The van der Waals surface area contributed by atoms with Crippen molar-refractivity contribution < 1.29 is 19.2 Å². The number of benzene rings is 1. The van der Waals surface area contributed by atoms with E-state index in [9.17, 15) is 14.9 Å². The van der Waals surface area contributed by atoms with Crippen LogP contribution in [0.2, 0.25) is 0 Å². The molecular formula is C19H29N3O5. The summed E-state index contributed by atoms with van der Waals surface area (Å²) in [7, 11) is 1.29. The summed E-state index contributed by atoms with van der Waals surface area (Å²) in [6.45, 7) is 10.6. The topological polar surface area (TPSA) is 85.1 Å². The Kier molecular flexibility index (Phi) is 7.55. The Labute approximate surface area is 160 Å². The number of rotatable bonds is 8. The molecule has 1 aromatic rings. The van der Waals surface area contributed by atoms with Gasteiger partial charge in [-0.05, 0) is 25.8 Å². The lowest BCUT2D eigenvalue weighted by Crippen LogP contribution is -2.54. The first-order valence-electron chi connectivity index (χ1n) is 9.36. The van der Waals surface area contributed by atoms with E-state index in [1.54, 1.807) is 6.92 Å². The third kappa shape index (κ3) is 4.95. The third-order valence-corrected chi connectivity index (χ3v) is 5.02. The van der Waals surface area contributed by atoms with Crippen molar-refractivity contribution in [1.29, 1.82) is 0 Å². The summed E-state index contributed by atoms with van der Waals surface area (Å²) in [6.07, 6.45) is 0.974. The Bertz CT molecular complexity index is 680. The zero-order valence-corrected chi connectivity index (χ0v) is 16.6. The second kappa shape index (κ2) is 9.66. The van der Waals surface area contributed by atoms with E-state index >= 15 is 0 Å². The molecule has 150 valence electrons. The zero-order valence-electron chi connectivity index (χ0n) is 16.6. The minimum atomic E-state index is -0.552. The Hall–Kier alpha value is -2.19. The number of anilines is 1. The molecule has 0 spiro atoms. The summed E-state index contributed by atoms with van der Waals surface area (Å²) in [6, 6.07) is 3.17. The predicted molar refractivity (Wildman–Crippen MR) is 104 cm³/mol. The number of piperazine rings is 1. The number of aryl methyl sites for hydroxylation is 1. The average molecular weight is 379 g/mol. The highest BCUT2D eigenvalue weighted by Crippen LogP contribution is 2.32. The molecule has 8 heteroatoms. The van der Waals surface area contributed by atoms with Crippen molar-refractivity contribution in [3.05, 3.63) is 33.4 Å². The first-order chi connectivity index (χ1) is 12.9. The highest BCUT2D eigenvalue weighted by Gasteiger charge is 2.30. The normalized spacial score (nSPS) is 17.8. The van der Waals surface area contributed by atoms with Crippen LogP contribution in [0.3, 0.4) is 0 Å². The molecule has 0 amide bonds. The Balaban J connectivity index is 2.29. The van der Waals surface area contributed by atoms with Crippen LogP contribution in [0.4, 0.5) is 11.4 Å². The van der Waals surface area contributed by atoms with Gasteiger partial charge in [0.15, 0.2) is 0 Å². The van der Waals surface area contributed by atoms with Gasteiger partial charge in [-0.15, -0.1) is 0 Å². The lowest BCUT2D eigenvalue weighted by molar-refractivity contribution is -0.384. The van der Waals surface area contributed by atoms with E-state index < -0.39 is 10.9 Å². The lowest BCUT2D eigenvalue weighted by Gasteiger charge is -2.43. The minimum Gasteiger partial charge on any atom is -0.465 e. The average Bonchev–Trinajstić information content (AvgIpc) is 2.67.